The van der Waals surface area contributed by atoms with Gasteiger partial charge < -0.3 is 4.74 Å². The van der Waals surface area contributed by atoms with Crippen LogP contribution in [0.25, 0.3) is 0 Å². The molecule has 0 amide bonds. The molecule has 76 valence electrons. The highest BCUT2D eigenvalue weighted by atomic mass is 35.7. The first-order valence-corrected chi connectivity index (χ1v) is 6.55. The van der Waals surface area contributed by atoms with Crippen LogP contribution in [0.4, 0.5) is 0 Å². The maximum absolute atomic E-state index is 10.8. The zero-order chi connectivity index (χ0) is 10.2. The topological polar surface area (TPSA) is 56.3 Å². The van der Waals surface area contributed by atoms with Crippen LogP contribution >= 0.6 is 10.7 Å². The second-order valence-corrected chi connectivity index (χ2v) is 5.84. The van der Waals surface area contributed by atoms with Gasteiger partial charge in [-0.2, -0.15) is 0 Å². The van der Waals surface area contributed by atoms with Crippen LogP contribution in [0.1, 0.15) is 11.3 Å². The van der Waals surface area contributed by atoms with E-state index < -0.39 is 9.05 Å². The summed E-state index contributed by atoms with van der Waals surface area (Å²) in [6, 6.07) is 1.72. The van der Waals surface area contributed by atoms with Crippen LogP contribution in [0.5, 0.6) is 5.75 Å². The molecule has 0 aliphatic carbocycles. The highest BCUT2D eigenvalue weighted by Gasteiger charge is 2.15. The van der Waals surface area contributed by atoms with Crippen molar-refractivity contribution in [1.82, 2.24) is 4.98 Å². The molecule has 0 bridgehead atoms. The molecule has 0 aromatic carbocycles. The van der Waals surface area contributed by atoms with Crippen LogP contribution in [0, 0.1) is 0 Å². The molecule has 0 radical (unpaired) electrons. The summed E-state index contributed by atoms with van der Waals surface area (Å²) >= 11 is 0. The van der Waals surface area contributed by atoms with Crippen molar-refractivity contribution < 1.29 is 13.2 Å². The van der Waals surface area contributed by atoms with E-state index in [1.165, 1.54) is 0 Å². The summed E-state index contributed by atoms with van der Waals surface area (Å²) in [7, 11) is 1.59. The average molecular weight is 234 g/mol. The predicted molar refractivity (Wildman–Crippen MR) is 51.9 cm³/mol. The molecule has 0 atom stereocenters. The Kier molecular flexibility index (Phi) is 2.36. The summed E-state index contributed by atoms with van der Waals surface area (Å²) in [4.78, 5) is 3.95. The molecule has 0 N–H and O–H groups in total. The fraction of sp³-hybridized carbons (Fsp3) is 0.375. The molecule has 1 aliphatic heterocycles. The van der Waals surface area contributed by atoms with Gasteiger partial charge in [0.25, 0.3) is 0 Å². The number of aromatic nitrogens is 1. The van der Waals surface area contributed by atoms with Crippen LogP contribution in [0.2, 0.25) is 0 Å². The number of nitrogens with zero attached hydrogens (tertiary/aromatic N) is 1. The molecular weight excluding hydrogens is 226 g/mol. The van der Waals surface area contributed by atoms with E-state index in [0.717, 1.165) is 17.7 Å². The second kappa shape index (κ2) is 3.40. The molecule has 2 heterocycles. The van der Waals surface area contributed by atoms with Crippen molar-refractivity contribution in [3.63, 3.8) is 0 Å². The third-order valence-corrected chi connectivity index (χ3v) is 2.92. The van der Waals surface area contributed by atoms with Crippen molar-refractivity contribution in [2.75, 3.05) is 6.61 Å². The number of halogens is 1. The van der Waals surface area contributed by atoms with Crippen LogP contribution < -0.4 is 4.74 Å². The Hall–Kier alpha value is -0.810. The lowest BCUT2D eigenvalue weighted by Crippen LogP contribution is -1.98. The smallest absolute Gasteiger partial charge is 0.238 e. The summed E-state index contributed by atoms with van der Waals surface area (Å²) < 4.78 is 26.8. The van der Waals surface area contributed by atoms with Gasteiger partial charge in [0, 0.05) is 22.7 Å². The Bertz CT molecular complexity index is 458. The van der Waals surface area contributed by atoms with Gasteiger partial charge in [0.05, 0.1) is 18.5 Å². The first-order valence-electron chi connectivity index (χ1n) is 4.07. The second-order valence-electron chi connectivity index (χ2n) is 3.07. The van der Waals surface area contributed by atoms with E-state index in [1.54, 1.807) is 12.3 Å². The minimum absolute atomic E-state index is 0.234. The summed E-state index contributed by atoms with van der Waals surface area (Å²) in [6.07, 6.45) is 2.34. The molecule has 6 heteroatoms. The van der Waals surface area contributed by atoms with Gasteiger partial charge in [-0.3, -0.25) is 4.98 Å². The van der Waals surface area contributed by atoms with Crippen molar-refractivity contribution in [3.05, 3.63) is 23.5 Å². The zero-order valence-corrected chi connectivity index (χ0v) is 8.81. The van der Waals surface area contributed by atoms with Gasteiger partial charge in [0.2, 0.25) is 9.05 Å². The zero-order valence-electron chi connectivity index (χ0n) is 7.23. The van der Waals surface area contributed by atoms with E-state index >= 15 is 0 Å². The first-order chi connectivity index (χ1) is 6.54. The number of ether oxygens (including phenoxy) is 1. The Morgan fingerprint density at radius 3 is 3.07 bits per heavy atom. The van der Waals surface area contributed by atoms with E-state index in [2.05, 4.69) is 4.98 Å². The molecule has 0 saturated carbocycles. The van der Waals surface area contributed by atoms with Gasteiger partial charge in [0.15, 0.2) is 0 Å². The van der Waals surface area contributed by atoms with E-state index in [4.69, 9.17) is 15.4 Å². The number of pyridine rings is 1. The normalized spacial score (nSPS) is 14.9. The summed E-state index contributed by atoms with van der Waals surface area (Å²) in [5.41, 5.74) is 1.46. The third-order valence-electron chi connectivity index (χ3n) is 1.95. The van der Waals surface area contributed by atoms with Crippen LogP contribution in [-0.2, 0) is 21.2 Å². The Morgan fingerprint density at radius 1 is 1.57 bits per heavy atom. The van der Waals surface area contributed by atoms with Gasteiger partial charge in [-0.15, -0.1) is 0 Å². The highest BCUT2D eigenvalue weighted by Crippen LogP contribution is 2.24. The molecule has 0 spiro atoms. The Balaban J connectivity index is 2.29. The molecule has 0 fully saturated rings. The van der Waals surface area contributed by atoms with Crippen LogP contribution in [-0.4, -0.2) is 20.0 Å². The van der Waals surface area contributed by atoms with E-state index in [0.29, 0.717) is 12.3 Å². The summed E-state index contributed by atoms with van der Waals surface area (Å²) in [6.45, 7) is 0.633. The number of hydrogen-bond acceptors (Lipinski definition) is 4. The molecule has 1 aromatic rings. The fourth-order valence-corrected chi connectivity index (χ4v) is 2.23. The standard InChI is InChI=1S/C8H8ClNO3S/c9-14(11,12)5-7-3-6-1-2-13-8(6)4-10-7/h3-4H,1-2,5H2. The highest BCUT2D eigenvalue weighted by molar-refractivity contribution is 8.13. The van der Waals surface area contributed by atoms with Gasteiger partial charge >= 0.3 is 0 Å². The maximum Gasteiger partial charge on any atom is 0.238 e. The number of fused-ring (bicyclic) bond motifs is 1. The van der Waals surface area contributed by atoms with E-state index in [-0.39, 0.29) is 5.75 Å². The summed E-state index contributed by atoms with van der Waals surface area (Å²) in [5.74, 6) is 0.502. The summed E-state index contributed by atoms with van der Waals surface area (Å²) in [5, 5.41) is 0. The van der Waals surface area contributed by atoms with Crippen molar-refractivity contribution >= 4 is 19.7 Å². The molecular formula is C8H8ClNO3S. The Morgan fingerprint density at radius 2 is 2.36 bits per heavy atom. The van der Waals surface area contributed by atoms with Crippen molar-refractivity contribution in [1.29, 1.82) is 0 Å². The molecule has 2 rings (SSSR count). The minimum atomic E-state index is -3.53. The van der Waals surface area contributed by atoms with Gasteiger partial charge in [0.1, 0.15) is 11.5 Å². The predicted octanol–water partition coefficient (Wildman–Crippen LogP) is 1.09. The largest absolute Gasteiger partial charge is 0.491 e. The van der Waals surface area contributed by atoms with Crippen molar-refractivity contribution in [2.24, 2.45) is 0 Å². The maximum atomic E-state index is 10.8. The molecule has 0 saturated heterocycles. The number of rotatable bonds is 2. The third kappa shape index (κ3) is 2.16. The van der Waals surface area contributed by atoms with Gasteiger partial charge in [-0.1, -0.05) is 0 Å². The number of hydrogen-bond donors (Lipinski definition) is 0. The average Bonchev–Trinajstić information content (AvgIpc) is 2.47. The van der Waals surface area contributed by atoms with Crippen molar-refractivity contribution in [3.8, 4) is 5.75 Å². The fourth-order valence-electron chi connectivity index (χ4n) is 1.39. The van der Waals surface area contributed by atoms with Gasteiger partial charge in [-0.25, -0.2) is 8.42 Å². The molecule has 14 heavy (non-hydrogen) atoms. The van der Waals surface area contributed by atoms with Crippen LogP contribution in [0.3, 0.4) is 0 Å². The Labute approximate surface area is 86.3 Å². The molecule has 1 aliphatic rings. The van der Waals surface area contributed by atoms with Gasteiger partial charge in [-0.05, 0) is 6.07 Å². The lowest BCUT2D eigenvalue weighted by atomic mass is 10.2. The molecule has 4 nitrogen and oxygen atoms in total. The molecule has 1 aromatic heterocycles. The monoisotopic (exact) mass is 233 g/mol. The molecule has 0 unspecified atom stereocenters. The van der Waals surface area contributed by atoms with E-state index in [1.807, 2.05) is 0 Å². The van der Waals surface area contributed by atoms with E-state index in [9.17, 15) is 8.42 Å². The quantitative estimate of drug-likeness (QED) is 0.718. The van der Waals surface area contributed by atoms with Crippen molar-refractivity contribution in [2.45, 2.75) is 12.2 Å². The lowest BCUT2D eigenvalue weighted by Gasteiger charge is -2.00. The SMILES string of the molecule is O=S(=O)(Cl)Cc1cc2c(cn1)OCC2. The lowest BCUT2D eigenvalue weighted by molar-refractivity contribution is 0.355. The minimum Gasteiger partial charge on any atom is -0.491 e. The first kappa shape index (κ1) is 9.73. The van der Waals surface area contributed by atoms with Crippen LogP contribution in [0.15, 0.2) is 12.3 Å².